The maximum absolute atomic E-state index is 11.5. The summed E-state index contributed by atoms with van der Waals surface area (Å²) in [6, 6.07) is 9.71. The minimum absolute atomic E-state index is 0.248. The average molecular weight is 232 g/mol. The van der Waals surface area contributed by atoms with Crippen LogP contribution in [0.5, 0.6) is 0 Å². The summed E-state index contributed by atoms with van der Waals surface area (Å²) in [5, 5.41) is 0. The van der Waals surface area contributed by atoms with Crippen LogP contribution in [0.15, 0.2) is 42.0 Å². The summed E-state index contributed by atoms with van der Waals surface area (Å²) >= 11 is 0. The van der Waals surface area contributed by atoms with Crippen LogP contribution < -0.4 is 0 Å². The average Bonchev–Trinajstić information content (AvgIpc) is 2.35. The fourth-order valence-corrected chi connectivity index (χ4v) is 1.50. The van der Waals surface area contributed by atoms with Crippen molar-refractivity contribution in [3.8, 4) is 0 Å². The number of allylic oxidation sites excluding steroid dienone is 1. The Hall–Kier alpha value is -1.57. The first kappa shape index (κ1) is 13.5. The van der Waals surface area contributed by atoms with E-state index in [4.69, 9.17) is 4.74 Å². The van der Waals surface area contributed by atoms with Gasteiger partial charge in [0.25, 0.3) is 0 Å². The number of ether oxygens (including phenoxy) is 1. The van der Waals surface area contributed by atoms with Gasteiger partial charge in [-0.1, -0.05) is 49.2 Å². The lowest BCUT2D eigenvalue weighted by Crippen LogP contribution is -2.01. The number of esters is 1. The van der Waals surface area contributed by atoms with Crippen LogP contribution in [-0.2, 0) is 16.1 Å². The van der Waals surface area contributed by atoms with E-state index < -0.39 is 0 Å². The largest absolute Gasteiger partial charge is 0.458 e. The number of unbranched alkanes of at least 4 members (excludes halogenated alkanes) is 1. The second-order valence-electron chi connectivity index (χ2n) is 4.19. The quantitative estimate of drug-likeness (QED) is 0.550. The second kappa shape index (κ2) is 7.66. The molecule has 0 bridgehead atoms. The topological polar surface area (TPSA) is 26.3 Å². The summed E-state index contributed by atoms with van der Waals surface area (Å²) in [7, 11) is 0. The summed E-state index contributed by atoms with van der Waals surface area (Å²) in [5.41, 5.74) is 2.10. The van der Waals surface area contributed by atoms with Crippen molar-refractivity contribution in [1.82, 2.24) is 0 Å². The van der Waals surface area contributed by atoms with Gasteiger partial charge >= 0.3 is 5.97 Å². The third-order valence-corrected chi connectivity index (χ3v) is 2.51. The molecule has 0 unspecified atom stereocenters. The SMILES string of the molecule is CCCC/C(C)=C/C(=O)OCc1ccccc1. The highest BCUT2D eigenvalue weighted by Gasteiger charge is 2.00. The molecule has 0 radical (unpaired) electrons. The highest BCUT2D eigenvalue weighted by molar-refractivity contribution is 5.82. The Bertz CT molecular complexity index is 366. The third kappa shape index (κ3) is 5.91. The van der Waals surface area contributed by atoms with E-state index in [1.165, 1.54) is 0 Å². The highest BCUT2D eigenvalue weighted by atomic mass is 16.5. The normalized spacial score (nSPS) is 11.3. The fourth-order valence-electron chi connectivity index (χ4n) is 1.50. The van der Waals surface area contributed by atoms with E-state index in [-0.39, 0.29) is 5.97 Å². The lowest BCUT2D eigenvalue weighted by molar-refractivity contribution is -0.139. The predicted molar refractivity (Wildman–Crippen MR) is 69.5 cm³/mol. The minimum atomic E-state index is -0.248. The van der Waals surface area contributed by atoms with Gasteiger partial charge in [-0.2, -0.15) is 0 Å². The van der Waals surface area contributed by atoms with Crippen molar-refractivity contribution in [2.24, 2.45) is 0 Å². The van der Waals surface area contributed by atoms with Gasteiger partial charge in [0, 0.05) is 6.08 Å². The van der Waals surface area contributed by atoms with E-state index in [9.17, 15) is 4.79 Å². The first-order valence-electron chi connectivity index (χ1n) is 6.10. The van der Waals surface area contributed by atoms with Gasteiger partial charge in [-0.3, -0.25) is 0 Å². The molecule has 1 rings (SSSR count). The highest BCUT2D eigenvalue weighted by Crippen LogP contribution is 2.07. The summed E-state index contributed by atoms with van der Waals surface area (Å²) in [5.74, 6) is -0.248. The van der Waals surface area contributed by atoms with Crippen LogP contribution in [0.25, 0.3) is 0 Å². The van der Waals surface area contributed by atoms with Crippen LogP contribution in [-0.4, -0.2) is 5.97 Å². The van der Waals surface area contributed by atoms with Crippen LogP contribution >= 0.6 is 0 Å². The van der Waals surface area contributed by atoms with Gasteiger partial charge in [-0.25, -0.2) is 4.79 Å². The molecule has 0 amide bonds. The van der Waals surface area contributed by atoms with Gasteiger partial charge in [0.1, 0.15) is 6.61 Å². The van der Waals surface area contributed by atoms with Gasteiger partial charge in [-0.15, -0.1) is 0 Å². The van der Waals surface area contributed by atoms with E-state index in [1.54, 1.807) is 6.08 Å². The van der Waals surface area contributed by atoms with E-state index in [2.05, 4.69) is 6.92 Å². The van der Waals surface area contributed by atoms with E-state index in [1.807, 2.05) is 37.3 Å². The molecule has 0 atom stereocenters. The molecule has 0 aromatic heterocycles. The molecule has 0 N–H and O–H groups in total. The molecule has 2 heteroatoms. The zero-order valence-corrected chi connectivity index (χ0v) is 10.6. The second-order valence-corrected chi connectivity index (χ2v) is 4.19. The molecule has 1 aromatic rings. The Morgan fingerprint density at radius 2 is 2.00 bits per heavy atom. The minimum Gasteiger partial charge on any atom is -0.458 e. The summed E-state index contributed by atoms with van der Waals surface area (Å²) in [4.78, 5) is 11.5. The monoisotopic (exact) mass is 232 g/mol. The van der Waals surface area contributed by atoms with Gasteiger partial charge in [0.2, 0.25) is 0 Å². The molecule has 0 aliphatic heterocycles. The van der Waals surface area contributed by atoms with Gasteiger partial charge < -0.3 is 4.74 Å². The number of benzene rings is 1. The van der Waals surface area contributed by atoms with Gasteiger partial charge in [-0.05, 0) is 25.3 Å². The predicted octanol–water partition coefficient (Wildman–Crippen LogP) is 3.87. The van der Waals surface area contributed by atoms with Crippen molar-refractivity contribution < 1.29 is 9.53 Å². The molecule has 0 saturated heterocycles. The molecular weight excluding hydrogens is 212 g/mol. The summed E-state index contributed by atoms with van der Waals surface area (Å²) < 4.78 is 5.16. The Morgan fingerprint density at radius 3 is 2.65 bits per heavy atom. The number of hydrogen-bond acceptors (Lipinski definition) is 2. The number of hydrogen-bond donors (Lipinski definition) is 0. The van der Waals surface area contributed by atoms with E-state index >= 15 is 0 Å². The van der Waals surface area contributed by atoms with Crippen molar-refractivity contribution in [3.05, 3.63) is 47.5 Å². The van der Waals surface area contributed by atoms with E-state index in [0.29, 0.717) is 6.61 Å². The molecule has 0 saturated carbocycles. The molecule has 0 aliphatic carbocycles. The van der Waals surface area contributed by atoms with Crippen LogP contribution in [0, 0.1) is 0 Å². The van der Waals surface area contributed by atoms with Crippen LogP contribution in [0.4, 0.5) is 0 Å². The molecule has 0 spiro atoms. The third-order valence-electron chi connectivity index (χ3n) is 2.51. The van der Waals surface area contributed by atoms with Crippen molar-refractivity contribution in [2.45, 2.75) is 39.7 Å². The molecule has 2 nitrogen and oxygen atoms in total. The lowest BCUT2D eigenvalue weighted by atomic mass is 10.1. The zero-order valence-electron chi connectivity index (χ0n) is 10.6. The van der Waals surface area contributed by atoms with Crippen LogP contribution in [0.2, 0.25) is 0 Å². The van der Waals surface area contributed by atoms with Crippen molar-refractivity contribution in [2.75, 3.05) is 0 Å². The first-order valence-corrected chi connectivity index (χ1v) is 6.10. The lowest BCUT2D eigenvalue weighted by Gasteiger charge is -2.03. The van der Waals surface area contributed by atoms with Crippen molar-refractivity contribution in [1.29, 1.82) is 0 Å². The maximum atomic E-state index is 11.5. The fraction of sp³-hybridized carbons (Fsp3) is 0.400. The number of carbonyl (C=O) groups excluding carboxylic acids is 1. The van der Waals surface area contributed by atoms with Crippen molar-refractivity contribution in [3.63, 3.8) is 0 Å². The zero-order chi connectivity index (χ0) is 12.5. The Morgan fingerprint density at radius 1 is 1.29 bits per heavy atom. The molecular formula is C15H20O2. The summed E-state index contributed by atoms with van der Waals surface area (Å²) in [6.45, 7) is 4.46. The van der Waals surface area contributed by atoms with Crippen LogP contribution in [0.1, 0.15) is 38.7 Å². The van der Waals surface area contributed by atoms with Gasteiger partial charge in [0.15, 0.2) is 0 Å². The van der Waals surface area contributed by atoms with Crippen LogP contribution in [0.3, 0.4) is 0 Å². The standard InChI is InChI=1S/C15H20O2/c1-3-4-8-13(2)11-15(16)17-12-14-9-6-5-7-10-14/h5-7,9-11H,3-4,8,12H2,1-2H3/b13-11+. The van der Waals surface area contributed by atoms with Crippen molar-refractivity contribution >= 4 is 5.97 Å². The van der Waals surface area contributed by atoms with E-state index in [0.717, 1.165) is 30.4 Å². The van der Waals surface area contributed by atoms with Gasteiger partial charge in [0.05, 0.1) is 0 Å². The Kier molecular flexibility index (Phi) is 6.08. The molecule has 1 aromatic carbocycles. The molecule has 92 valence electrons. The summed E-state index contributed by atoms with van der Waals surface area (Å²) in [6.07, 6.45) is 4.83. The number of rotatable bonds is 6. The Labute approximate surface area is 103 Å². The smallest absolute Gasteiger partial charge is 0.331 e. The molecule has 0 heterocycles. The molecule has 0 fully saturated rings. The molecule has 17 heavy (non-hydrogen) atoms. The number of carbonyl (C=O) groups is 1. The molecule has 0 aliphatic rings. The first-order chi connectivity index (χ1) is 8.22. The maximum Gasteiger partial charge on any atom is 0.331 e. The Balaban J connectivity index is 2.35.